The van der Waals surface area contributed by atoms with Gasteiger partial charge in [-0.2, -0.15) is 0 Å². The highest BCUT2D eigenvalue weighted by Gasteiger charge is 2.17. The fourth-order valence-electron chi connectivity index (χ4n) is 2.08. The Morgan fingerprint density at radius 1 is 1.24 bits per heavy atom. The second kappa shape index (κ2) is 6.69. The highest BCUT2D eigenvalue weighted by Crippen LogP contribution is 2.18. The van der Waals surface area contributed by atoms with E-state index in [0.29, 0.717) is 18.7 Å². The molecule has 0 amide bonds. The molecule has 0 saturated carbocycles. The molecule has 2 rings (SSSR count). The summed E-state index contributed by atoms with van der Waals surface area (Å²) >= 11 is 0. The summed E-state index contributed by atoms with van der Waals surface area (Å²) in [6.45, 7) is 2.37. The summed E-state index contributed by atoms with van der Waals surface area (Å²) in [5.41, 5.74) is 2.81. The lowest BCUT2D eigenvalue weighted by Gasteiger charge is -2.10. The summed E-state index contributed by atoms with van der Waals surface area (Å²) in [4.78, 5) is 4.04. The predicted molar refractivity (Wildman–Crippen MR) is 83.9 cm³/mol. The number of aromatic nitrogens is 1. The van der Waals surface area contributed by atoms with Gasteiger partial charge >= 0.3 is 0 Å². The standard InChI is InChI=1S/C15H19N3O2S/c1-12-4-3-5-13(10-12)6-9-18-21(19,20)15-11-17-8-7-14(15)16-2/h3-5,7-8,10-11,18H,6,9H2,1-2H3,(H,16,17). The summed E-state index contributed by atoms with van der Waals surface area (Å²) in [6.07, 6.45) is 3.55. The quantitative estimate of drug-likeness (QED) is 0.856. The van der Waals surface area contributed by atoms with Gasteiger partial charge in [0.25, 0.3) is 0 Å². The van der Waals surface area contributed by atoms with Gasteiger partial charge in [0.1, 0.15) is 4.90 Å². The number of pyridine rings is 1. The van der Waals surface area contributed by atoms with Crippen LogP contribution >= 0.6 is 0 Å². The van der Waals surface area contributed by atoms with Crippen molar-refractivity contribution in [2.45, 2.75) is 18.2 Å². The van der Waals surface area contributed by atoms with Gasteiger partial charge in [0, 0.05) is 26.0 Å². The first-order valence-electron chi connectivity index (χ1n) is 6.70. The van der Waals surface area contributed by atoms with Gasteiger partial charge in [-0.25, -0.2) is 13.1 Å². The summed E-state index contributed by atoms with van der Waals surface area (Å²) in [6, 6.07) is 9.67. The average Bonchev–Trinajstić information content (AvgIpc) is 2.47. The van der Waals surface area contributed by atoms with Crippen molar-refractivity contribution in [1.82, 2.24) is 9.71 Å². The zero-order valence-corrected chi connectivity index (χ0v) is 12.9. The lowest BCUT2D eigenvalue weighted by molar-refractivity contribution is 0.581. The molecule has 0 spiro atoms. The van der Waals surface area contributed by atoms with Crippen LogP contribution in [0.25, 0.3) is 0 Å². The van der Waals surface area contributed by atoms with Crippen molar-refractivity contribution in [2.24, 2.45) is 0 Å². The lowest BCUT2D eigenvalue weighted by atomic mass is 10.1. The minimum absolute atomic E-state index is 0.164. The Kier molecular flexibility index (Phi) is 4.93. The first-order chi connectivity index (χ1) is 10.0. The van der Waals surface area contributed by atoms with E-state index in [2.05, 4.69) is 21.1 Å². The summed E-state index contributed by atoms with van der Waals surface area (Å²) in [5.74, 6) is 0. The van der Waals surface area contributed by atoms with E-state index in [0.717, 1.165) is 5.56 Å². The number of sulfonamides is 1. The molecule has 0 aliphatic heterocycles. The van der Waals surface area contributed by atoms with Crippen LogP contribution in [0.5, 0.6) is 0 Å². The van der Waals surface area contributed by atoms with Crippen LogP contribution in [0.2, 0.25) is 0 Å². The Hall–Kier alpha value is -1.92. The highest BCUT2D eigenvalue weighted by atomic mass is 32.2. The fourth-order valence-corrected chi connectivity index (χ4v) is 3.26. The summed E-state index contributed by atoms with van der Waals surface area (Å²) in [7, 11) is -1.88. The molecule has 0 atom stereocenters. The minimum Gasteiger partial charge on any atom is -0.387 e. The molecule has 0 unspecified atom stereocenters. The van der Waals surface area contributed by atoms with Crippen molar-refractivity contribution in [3.05, 3.63) is 53.9 Å². The minimum atomic E-state index is -3.56. The number of nitrogens with one attached hydrogen (secondary N) is 2. The van der Waals surface area contributed by atoms with E-state index in [1.54, 1.807) is 19.3 Å². The topological polar surface area (TPSA) is 71.1 Å². The van der Waals surface area contributed by atoms with E-state index < -0.39 is 10.0 Å². The van der Waals surface area contributed by atoms with Gasteiger partial charge in [-0.1, -0.05) is 29.8 Å². The number of rotatable bonds is 6. The zero-order chi connectivity index (χ0) is 15.3. The van der Waals surface area contributed by atoms with E-state index in [1.165, 1.54) is 11.8 Å². The van der Waals surface area contributed by atoms with E-state index in [4.69, 9.17) is 0 Å². The van der Waals surface area contributed by atoms with E-state index in [-0.39, 0.29) is 4.90 Å². The fraction of sp³-hybridized carbons (Fsp3) is 0.267. The molecule has 0 fully saturated rings. The summed E-state index contributed by atoms with van der Waals surface area (Å²) in [5, 5.41) is 2.86. The van der Waals surface area contributed by atoms with Gasteiger partial charge < -0.3 is 5.32 Å². The average molecular weight is 305 g/mol. The van der Waals surface area contributed by atoms with Gasteiger partial charge in [0.05, 0.1) is 5.69 Å². The van der Waals surface area contributed by atoms with Gasteiger partial charge in [-0.05, 0) is 25.0 Å². The van der Waals surface area contributed by atoms with E-state index >= 15 is 0 Å². The van der Waals surface area contributed by atoms with Gasteiger partial charge in [-0.15, -0.1) is 0 Å². The van der Waals surface area contributed by atoms with E-state index in [9.17, 15) is 8.42 Å². The third kappa shape index (κ3) is 4.03. The molecule has 1 aromatic heterocycles. The Balaban J connectivity index is 2.05. The highest BCUT2D eigenvalue weighted by molar-refractivity contribution is 7.89. The maximum Gasteiger partial charge on any atom is 0.244 e. The maximum absolute atomic E-state index is 12.3. The van der Waals surface area contributed by atoms with Crippen molar-refractivity contribution < 1.29 is 8.42 Å². The zero-order valence-electron chi connectivity index (χ0n) is 12.1. The van der Waals surface area contributed by atoms with Crippen molar-refractivity contribution in [1.29, 1.82) is 0 Å². The molecule has 1 heterocycles. The van der Waals surface area contributed by atoms with Gasteiger partial charge in [0.15, 0.2) is 0 Å². The molecule has 1 aromatic carbocycles. The second-order valence-corrected chi connectivity index (χ2v) is 6.49. The second-order valence-electron chi connectivity index (χ2n) is 4.76. The Morgan fingerprint density at radius 2 is 2.05 bits per heavy atom. The van der Waals surface area contributed by atoms with Crippen molar-refractivity contribution in [3.63, 3.8) is 0 Å². The maximum atomic E-state index is 12.3. The van der Waals surface area contributed by atoms with Crippen molar-refractivity contribution >= 4 is 15.7 Å². The number of hydrogen-bond donors (Lipinski definition) is 2. The molecule has 0 radical (unpaired) electrons. The van der Waals surface area contributed by atoms with Crippen LogP contribution < -0.4 is 10.0 Å². The number of hydrogen-bond acceptors (Lipinski definition) is 4. The molecule has 2 aromatic rings. The van der Waals surface area contributed by atoms with Crippen LogP contribution in [0.1, 0.15) is 11.1 Å². The largest absolute Gasteiger partial charge is 0.387 e. The van der Waals surface area contributed by atoms with Crippen molar-refractivity contribution in [2.75, 3.05) is 18.9 Å². The molecule has 0 saturated heterocycles. The van der Waals surface area contributed by atoms with Crippen molar-refractivity contribution in [3.8, 4) is 0 Å². The molecule has 5 nitrogen and oxygen atoms in total. The molecule has 0 bridgehead atoms. The first-order valence-corrected chi connectivity index (χ1v) is 8.18. The van der Waals surface area contributed by atoms with Crippen LogP contribution in [0.3, 0.4) is 0 Å². The van der Waals surface area contributed by atoms with Gasteiger partial charge in [0.2, 0.25) is 10.0 Å². The molecule has 112 valence electrons. The Bertz CT molecular complexity index is 714. The first kappa shape index (κ1) is 15.5. The third-order valence-corrected chi connectivity index (χ3v) is 4.62. The van der Waals surface area contributed by atoms with Crippen LogP contribution in [-0.4, -0.2) is 27.0 Å². The molecule has 0 aliphatic rings. The smallest absolute Gasteiger partial charge is 0.244 e. The molecular formula is C15H19N3O2S. The number of nitrogens with zero attached hydrogens (tertiary/aromatic N) is 1. The number of benzene rings is 1. The van der Waals surface area contributed by atoms with Gasteiger partial charge in [-0.3, -0.25) is 4.98 Å². The van der Waals surface area contributed by atoms with Crippen LogP contribution in [0.15, 0.2) is 47.6 Å². The SMILES string of the molecule is CNc1ccncc1S(=O)(=O)NCCc1cccc(C)c1. The molecule has 21 heavy (non-hydrogen) atoms. The number of anilines is 1. The predicted octanol–water partition coefficient (Wildman–Crippen LogP) is 1.95. The molecule has 0 aliphatic carbocycles. The molecule has 6 heteroatoms. The summed E-state index contributed by atoms with van der Waals surface area (Å²) < 4.78 is 27.2. The monoisotopic (exact) mass is 305 g/mol. The number of aryl methyl sites for hydroxylation is 1. The Labute approximate surface area is 125 Å². The van der Waals surface area contributed by atoms with Crippen LogP contribution in [0.4, 0.5) is 5.69 Å². The Morgan fingerprint density at radius 3 is 2.76 bits per heavy atom. The molecule has 2 N–H and O–H groups in total. The third-order valence-electron chi connectivity index (χ3n) is 3.13. The van der Waals surface area contributed by atoms with E-state index in [1.807, 2.05) is 25.1 Å². The molecular weight excluding hydrogens is 286 g/mol. The normalized spacial score (nSPS) is 11.3. The van der Waals surface area contributed by atoms with Crippen LogP contribution in [0, 0.1) is 6.92 Å². The van der Waals surface area contributed by atoms with Crippen LogP contribution in [-0.2, 0) is 16.4 Å². The lowest BCUT2D eigenvalue weighted by Crippen LogP contribution is -2.26.